The van der Waals surface area contributed by atoms with E-state index in [-0.39, 0.29) is 6.04 Å². The van der Waals surface area contributed by atoms with Crippen molar-refractivity contribution in [2.75, 3.05) is 0 Å². The fraction of sp³-hybridized carbons (Fsp3) is 0.357. The first-order valence-electron chi connectivity index (χ1n) is 6.14. The highest BCUT2D eigenvalue weighted by Crippen LogP contribution is 2.28. The molecule has 18 heavy (non-hydrogen) atoms. The van der Waals surface area contributed by atoms with Gasteiger partial charge in [-0.2, -0.15) is 5.10 Å². The van der Waals surface area contributed by atoms with Gasteiger partial charge in [-0.25, -0.2) is 0 Å². The summed E-state index contributed by atoms with van der Waals surface area (Å²) in [6.07, 6.45) is 3.61. The summed E-state index contributed by atoms with van der Waals surface area (Å²) in [5.74, 6) is 1.52. The molecule has 1 heterocycles. The molecule has 4 heteroatoms. The number of rotatable bonds is 4. The maximum absolute atomic E-state index is 5.92. The Bertz CT molecular complexity index is 517. The first-order valence-corrected chi connectivity index (χ1v) is 6.14. The van der Waals surface area contributed by atoms with E-state index in [2.05, 4.69) is 18.9 Å². The lowest BCUT2D eigenvalue weighted by atomic mass is 10.1. The van der Waals surface area contributed by atoms with Gasteiger partial charge in [0.05, 0.1) is 12.4 Å². The van der Waals surface area contributed by atoms with Crippen LogP contribution in [0, 0.1) is 0 Å². The van der Waals surface area contributed by atoms with Crippen molar-refractivity contribution in [3.63, 3.8) is 0 Å². The predicted octanol–water partition coefficient (Wildman–Crippen LogP) is 3.28. The van der Waals surface area contributed by atoms with Crippen LogP contribution in [0.25, 0.3) is 0 Å². The van der Waals surface area contributed by atoms with Gasteiger partial charge in [0.1, 0.15) is 5.75 Å². The second-order valence-electron chi connectivity index (χ2n) is 4.68. The maximum atomic E-state index is 5.92. The molecule has 2 aromatic rings. The third kappa shape index (κ3) is 2.71. The van der Waals surface area contributed by atoms with Crippen LogP contribution in [0.5, 0.6) is 11.5 Å². The molecule has 0 saturated heterocycles. The fourth-order valence-corrected chi connectivity index (χ4v) is 1.73. The molecule has 1 atom stereocenters. The van der Waals surface area contributed by atoms with Crippen molar-refractivity contribution in [2.45, 2.75) is 32.9 Å². The summed E-state index contributed by atoms with van der Waals surface area (Å²) in [5.41, 5.74) is 6.92. The van der Waals surface area contributed by atoms with Crippen molar-refractivity contribution in [2.24, 2.45) is 5.73 Å². The second-order valence-corrected chi connectivity index (χ2v) is 4.68. The zero-order valence-electron chi connectivity index (χ0n) is 11.0. The van der Waals surface area contributed by atoms with Gasteiger partial charge < -0.3 is 10.5 Å². The molecule has 0 fully saturated rings. The van der Waals surface area contributed by atoms with Crippen LogP contribution in [0.3, 0.4) is 0 Å². The monoisotopic (exact) mass is 245 g/mol. The van der Waals surface area contributed by atoms with Crippen LogP contribution < -0.4 is 10.5 Å². The number of aromatic nitrogens is 2. The zero-order chi connectivity index (χ0) is 13.1. The number of para-hydroxylation sites is 1. The van der Waals surface area contributed by atoms with Crippen molar-refractivity contribution < 1.29 is 4.74 Å². The van der Waals surface area contributed by atoms with Crippen LogP contribution in [0.2, 0.25) is 0 Å². The Morgan fingerprint density at radius 2 is 1.94 bits per heavy atom. The van der Waals surface area contributed by atoms with Gasteiger partial charge in [0.15, 0.2) is 5.75 Å². The molecule has 1 aromatic carbocycles. The zero-order valence-corrected chi connectivity index (χ0v) is 11.0. The summed E-state index contributed by atoms with van der Waals surface area (Å²) in [4.78, 5) is 0. The highest BCUT2D eigenvalue weighted by atomic mass is 16.5. The van der Waals surface area contributed by atoms with E-state index < -0.39 is 0 Å². The normalized spacial score (nSPS) is 12.7. The topological polar surface area (TPSA) is 53.1 Å². The minimum Gasteiger partial charge on any atom is -0.454 e. The average molecular weight is 245 g/mol. The van der Waals surface area contributed by atoms with Gasteiger partial charge in [-0.05, 0) is 26.8 Å². The van der Waals surface area contributed by atoms with Gasteiger partial charge in [0.25, 0.3) is 0 Å². The predicted molar refractivity (Wildman–Crippen MR) is 71.7 cm³/mol. The molecule has 1 aromatic heterocycles. The molecule has 0 radical (unpaired) electrons. The molecule has 4 nitrogen and oxygen atoms in total. The van der Waals surface area contributed by atoms with E-state index in [1.165, 1.54) is 0 Å². The minimum atomic E-state index is -0.0543. The van der Waals surface area contributed by atoms with Gasteiger partial charge in [0, 0.05) is 17.6 Å². The summed E-state index contributed by atoms with van der Waals surface area (Å²) in [7, 11) is 0. The standard InChI is InChI=1S/C14H19N3O/c1-10(2)17-9-12(8-16-17)18-14-7-5-4-6-13(14)11(3)15/h4-11H,15H2,1-3H3/t11-/m0/s1. The number of ether oxygens (including phenoxy) is 1. The highest BCUT2D eigenvalue weighted by molar-refractivity contribution is 5.38. The number of nitrogens with zero attached hydrogens (tertiary/aromatic N) is 2. The summed E-state index contributed by atoms with van der Waals surface area (Å²) in [6.45, 7) is 6.10. The van der Waals surface area contributed by atoms with Gasteiger partial charge in [-0.1, -0.05) is 18.2 Å². The molecule has 0 bridgehead atoms. The molecule has 0 spiro atoms. The first-order chi connectivity index (χ1) is 8.58. The molecule has 2 rings (SSSR count). The maximum Gasteiger partial charge on any atom is 0.165 e. The molecule has 0 aliphatic rings. The Morgan fingerprint density at radius 1 is 1.22 bits per heavy atom. The Labute approximate surface area is 107 Å². The number of nitrogens with two attached hydrogens (primary N) is 1. The lowest BCUT2D eigenvalue weighted by Gasteiger charge is -2.12. The van der Waals surface area contributed by atoms with Gasteiger partial charge in [0.2, 0.25) is 0 Å². The van der Waals surface area contributed by atoms with Gasteiger partial charge >= 0.3 is 0 Å². The first kappa shape index (κ1) is 12.6. The molecule has 0 amide bonds. The molecule has 96 valence electrons. The van der Waals surface area contributed by atoms with Crippen LogP contribution >= 0.6 is 0 Å². The smallest absolute Gasteiger partial charge is 0.165 e. The van der Waals surface area contributed by atoms with Crippen LogP contribution in [0.15, 0.2) is 36.7 Å². The fourth-order valence-electron chi connectivity index (χ4n) is 1.73. The molecule has 2 N–H and O–H groups in total. The Morgan fingerprint density at radius 3 is 2.56 bits per heavy atom. The van der Waals surface area contributed by atoms with Crippen molar-refractivity contribution in [3.05, 3.63) is 42.2 Å². The van der Waals surface area contributed by atoms with Crippen LogP contribution in [0.1, 0.15) is 38.4 Å². The third-order valence-electron chi connectivity index (χ3n) is 2.74. The van der Waals surface area contributed by atoms with Crippen molar-refractivity contribution in [1.29, 1.82) is 0 Å². The van der Waals surface area contributed by atoms with E-state index in [1.54, 1.807) is 6.20 Å². The Hall–Kier alpha value is -1.81. The summed E-state index contributed by atoms with van der Waals surface area (Å²) >= 11 is 0. The highest BCUT2D eigenvalue weighted by Gasteiger charge is 2.09. The average Bonchev–Trinajstić information content (AvgIpc) is 2.78. The minimum absolute atomic E-state index is 0.0543. The SMILES string of the molecule is CC(C)n1cc(Oc2ccccc2[C@H](C)N)cn1. The van der Waals surface area contributed by atoms with Crippen molar-refractivity contribution >= 4 is 0 Å². The summed E-state index contributed by atoms with van der Waals surface area (Å²) < 4.78 is 7.70. The van der Waals surface area contributed by atoms with E-state index in [9.17, 15) is 0 Å². The van der Waals surface area contributed by atoms with Gasteiger partial charge in [-0.15, -0.1) is 0 Å². The van der Waals surface area contributed by atoms with Crippen molar-refractivity contribution in [1.82, 2.24) is 9.78 Å². The van der Waals surface area contributed by atoms with E-state index in [4.69, 9.17) is 10.5 Å². The Kier molecular flexibility index (Phi) is 3.67. The van der Waals surface area contributed by atoms with E-state index in [0.717, 1.165) is 17.1 Å². The number of benzene rings is 1. The number of hydrogen-bond acceptors (Lipinski definition) is 3. The molecule has 0 aliphatic carbocycles. The third-order valence-corrected chi connectivity index (χ3v) is 2.74. The molecule has 0 unspecified atom stereocenters. The lowest BCUT2D eigenvalue weighted by Crippen LogP contribution is -2.06. The van der Waals surface area contributed by atoms with E-state index in [0.29, 0.717) is 6.04 Å². The number of hydrogen-bond donors (Lipinski definition) is 1. The van der Waals surface area contributed by atoms with Crippen LogP contribution in [0.4, 0.5) is 0 Å². The largest absolute Gasteiger partial charge is 0.454 e. The van der Waals surface area contributed by atoms with E-state index >= 15 is 0 Å². The van der Waals surface area contributed by atoms with Gasteiger partial charge in [-0.3, -0.25) is 4.68 Å². The molecule has 0 aliphatic heterocycles. The van der Waals surface area contributed by atoms with E-state index in [1.807, 2.05) is 42.1 Å². The molecular formula is C14H19N3O. The lowest BCUT2D eigenvalue weighted by molar-refractivity contribution is 0.467. The second kappa shape index (κ2) is 5.23. The summed E-state index contributed by atoms with van der Waals surface area (Å²) in [6, 6.07) is 8.07. The Balaban J connectivity index is 2.23. The molecule has 0 saturated carbocycles. The molecular weight excluding hydrogens is 226 g/mol. The quantitative estimate of drug-likeness (QED) is 0.899. The van der Waals surface area contributed by atoms with Crippen LogP contribution in [-0.4, -0.2) is 9.78 Å². The van der Waals surface area contributed by atoms with Crippen LogP contribution in [-0.2, 0) is 0 Å². The van der Waals surface area contributed by atoms with Crippen molar-refractivity contribution in [3.8, 4) is 11.5 Å². The summed E-state index contributed by atoms with van der Waals surface area (Å²) in [5, 5.41) is 4.25.